The van der Waals surface area contributed by atoms with Gasteiger partial charge in [-0.1, -0.05) is 27.7 Å². The standard InChI is InChI=1S/C22H35N3O3/c1-15(2)13-27-21(26)25-8-7-24(12-19(25)16(3)4)20-9-17-10-22(5,6)28-14-18(17)11-23-20/h9,11,15-16,19H,7-8,10,12-14H2,1-6H3/t19-/m0/s1. The Hall–Kier alpha value is -1.82. The van der Waals surface area contributed by atoms with Gasteiger partial charge in [-0.3, -0.25) is 0 Å². The Kier molecular flexibility index (Phi) is 6.18. The molecule has 0 aromatic carbocycles. The van der Waals surface area contributed by atoms with Crippen LogP contribution in [0.25, 0.3) is 0 Å². The lowest BCUT2D eigenvalue weighted by atomic mass is 9.92. The summed E-state index contributed by atoms with van der Waals surface area (Å²) in [6.07, 6.45) is 2.66. The van der Waals surface area contributed by atoms with E-state index in [1.807, 2.05) is 11.1 Å². The van der Waals surface area contributed by atoms with Gasteiger partial charge < -0.3 is 19.3 Å². The molecule has 1 fully saturated rings. The largest absolute Gasteiger partial charge is 0.449 e. The monoisotopic (exact) mass is 389 g/mol. The van der Waals surface area contributed by atoms with Crippen LogP contribution in [0.5, 0.6) is 0 Å². The second-order valence-corrected chi connectivity index (χ2v) is 9.46. The fourth-order valence-corrected chi connectivity index (χ4v) is 3.90. The van der Waals surface area contributed by atoms with Crippen molar-refractivity contribution in [3.8, 4) is 0 Å². The number of aromatic nitrogens is 1. The molecule has 0 bridgehead atoms. The summed E-state index contributed by atoms with van der Waals surface area (Å²) in [4.78, 5) is 21.5. The molecule has 3 heterocycles. The number of hydrogen-bond acceptors (Lipinski definition) is 5. The summed E-state index contributed by atoms with van der Waals surface area (Å²) in [5.41, 5.74) is 2.37. The summed E-state index contributed by atoms with van der Waals surface area (Å²) in [6.45, 7) is 16.0. The van der Waals surface area contributed by atoms with Gasteiger partial charge in [-0.2, -0.15) is 0 Å². The summed E-state index contributed by atoms with van der Waals surface area (Å²) in [6, 6.07) is 2.33. The van der Waals surface area contributed by atoms with E-state index >= 15 is 0 Å². The molecule has 28 heavy (non-hydrogen) atoms. The van der Waals surface area contributed by atoms with Gasteiger partial charge in [-0.25, -0.2) is 9.78 Å². The van der Waals surface area contributed by atoms with E-state index in [2.05, 4.69) is 52.5 Å². The van der Waals surface area contributed by atoms with E-state index in [0.29, 0.717) is 31.6 Å². The zero-order chi connectivity index (χ0) is 20.5. The van der Waals surface area contributed by atoms with Gasteiger partial charge in [0.15, 0.2) is 0 Å². The minimum Gasteiger partial charge on any atom is -0.449 e. The summed E-state index contributed by atoms with van der Waals surface area (Å²) in [5.74, 6) is 1.69. The number of carbonyl (C=O) groups excluding carboxylic acids is 1. The van der Waals surface area contributed by atoms with E-state index in [0.717, 1.165) is 25.3 Å². The van der Waals surface area contributed by atoms with Crippen molar-refractivity contribution in [2.45, 2.75) is 66.2 Å². The fraction of sp³-hybridized carbons (Fsp3) is 0.727. The Balaban J connectivity index is 1.73. The Morgan fingerprint density at radius 2 is 2.04 bits per heavy atom. The van der Waals surface area contributed by atoms with Gasteiger partial charge >= 0.3 is 6.09 Å². The average Bonchev–Trinajstić information content (AvgIpc) is 2.64. The van der Waals surface area contributed by atoms with E-state index in [1.165, 1.54) is 11.1 Å². The topological polar surface area (TPSA) is 54.9 Å². The molecule has 6 heteroatoms. The molecule has 1 atom stereocenters. The van der Waals surface area contributed by atoms with Gasteiger partial charge in [-0.15, -0.1) is 0 Å². The molecule has 2 aliphatic rings. The fourth-order valence-electron chi connectivity index (χ4n) is 3.90. The minimum absolute atomic E-state index is 0.117. The second-order valence-electron chi connectivity index (χ2n) is 9.46. The zero-order valence-electron chi connectivity index (χ0n) is 18.2. The van der Waals surface area contributed by atoms with Crippen molar-refractivity contribution in [2.24, 2.45) is 11.8 Å². The van der Waals surface area contributed by atoms with Crippen molar-refractivity contribution in [1.29, 1.82) is 0 Å². The SMILES string of the molecule is CC(C)COC(=O)N1CCN(c2cc3c(cn2)COC(C)(C)C3)C[C@H]1C(C)C. The van der Waals surface area contributed by atoms with Crippen molar-refractivity contribution in [1.82, 2.24) is 9.88 Å². The first-order valence-electron chi connectivity index (χ1n) is 10.5. The summed E-state index contributed by atoms with van der Waals surface area (Å²) in [7, 11) is 0. The van der Waals surface area contributed by atoms with Crippen LogP contribution < -0.4 is 4.90 Å². The number of ether oxygens (including phenoxy) is 2. The van der Waals surface area contributed by atoms with Crippen LogP contribution in [0.15, 0.2) is 12.3 Å². The lowest BCUT2D eigenvalue weighted by Crippen LogP contribution is -2.57. The number of anilines is 1. The normalized spacial score (nSPS) is 21.8. The molecule has 0 spiro atoms. The van der Waals surface area contributed by atoms with Crippen LogP contribution in [0.2, 0.25) is 0 Å². The highest BCUT2D eigenvalue weighted by atomic mass is 16.6. The first-order valence-corrected chi connectivity index (χ1v) is 10.5. The molecule has 0 aliphatic carbocycles. The average molecular weight is 390 g/mol. The predicted octanol–water partition coefficient (Wildman–Crippen LogP) is 3.87. The van der Waals surface area contributed by atoms with E-state index in [-0.39, 0.29) is 17.7 Å². The highest BCUT2D eigenvalue weighted by molar-refractivity contribution is 5.68. The van der Waals surface area contributed by atoms with Crippen molar-refractivity contribution >= 4 is 11.9 Å². The van der Waals surface area contributed by atoms with Crippen molar-refractivity contribution in [2.75, 3.05) is 31.1 Å². The first-order chi connectivity index (χ1) is 13.2. The maximum absolute atomic E-state index is 12.6. The maximum atomic E-state index is 12.6. The van der Waals surface area contributed by atoms with Crippen LogP contribution >= 0.6 is 0 Å². The molecule has 0 radical (unpaired) electrons. The molecule has 1 amide bonds. The minimum atomic E-state index is -0.190. The molecule has 2 aliphatic heterocycles. The molecular formula is C22H35N3O3. The Bertz CT molecular complexity index is 702. The zero-order valence-corrected chi connectivity index (χ0v) is 18.2. The van der Waals surface area contributed by atoms with Crippen LogP contribution in [0.3, 0.4) is 0 Å². The molecule has 6 nitrogen and oxygen atoms in total. The van der Waals surface area contributed by atoms with Crippen LogP contribution in [-0.2, 0) is 22.5 Å². The third kappa shape index (κ3) is 4.77. The molecule has 0 N–H and O–H groups in total. The van der Waals surface area contributed by atoms with E-state index < -0.39 is 0 Å². The van der Waals surface area contributed by atoms with Gasteiger partial charge in [0.2, 0.25) is 0 Å². The van der Waals surface area contributed by atoms with Gasteiger partial charge in [0.1, 0.15) is 5.82 Å². The van der Waals surface area contributed by atoms with Gasteiger partial charge in [0, 0.05) is 32.3 Å². The molecule has 1 aromatic heterocycles. The lowest BCUT2D eigenvalue weighted by Gasteiger charge is -2.43. The molecule has 156 valence electrons. The number of fused-ring (bicyclic) bond motifs is 1. The number of pyridine rings is 1. The molecule has 1 aromatic rings. The molecule has 0 unspecified atom stereocenters. The van der Waals surface area contributed by atoms with E-state index in [9.17, 15) is 4.79 Å². The van der Waals surface area contributed by atoms with Crippen molar-refractivity contribution < 1.29 is 14.3 Å². The summed E-state index contributed by atoms with van der Waals surface area (Å²) in [5, 5.41) is 0. The van der Waals surface area contributed by atoms with Crippen LogP contribution in [-0.4, -0.2) is 53.9 Å². The maximum Gasteiger partial charge on any atom is 0.410 e. The molecule has 1 saturated heterocycles. The number of piperazine rings is 1. The van der Waals surface area contributed by atoms with Crippen molar-refractivity contribution in [3.05, 3.63) is 23.4 Å². The quantitative estimate of drug-likeness (QED) is 0.782. The van der Waals surface area contributed by atoms with E-state index in [1.54, 1.807) is 0 Å². The highest BCUT2D eigenvalue weighted by Gasteiger charge is 2.34. The number of hydrogen-bond donors (Lipinski definition) is 0. The van der Waals surface area contributed by atoms with Crippen LogP contribution in [0, 0.1) is 11.8 Å². The Morgan fingerprint density at radius 1 is 1.29 bits per heavy atom. The number of carbonyl (C=O) groups is 1. The van der Waals surface area contributed by atoms with Gasteiger partial charge in [-0.05, 0) is 42.9 Å². The Morgan fingerprint density at radius 3 is 2.71 bits per heavy atom. The molecule has 3 rings (SSSR count). The summed E-state index contributed by atoms with van der Waals surface area (Å²) < 4.78 is 11.4. The Labute approximate surface area is 169 Å². The lowest BCUT2D eigenvalue weighted by molar-refractivity contribution is -0.0402. The van der Waals surface area contributed by atoms with E-state index in [4.69, 9.17) is 14.5 Å². The van der Waals surface area contributed by atoms with Crippen molar-refractivity contribution in [3.63, 3.8) is 0 Å². The third-order valence-corrected chi connectivity index (χ3v) is 5.59. The molecular weight excluding hydrogens is 354 g/mol. The van der Waals surface area contributed by atoms with Crippen LogP contribution in [0.4, 0.5) is 10.6 Å². The van der Waals surface area contributed by atoms with Gasteiger partial charge in [0.05, 0.1) is 24.9 Å². The first kappa shape index (κ1) is 20.9. The predicted molar refractivity (Wildman–Crippen MR) is 111 cm³/mol. The van der Waals surface area contributed by atoms with Gasteiger partial charge in [0.25, 0.3) is 0 Å². The molecule has 0 saturated carbocycles. The third-order valence-electron chi connectivity index (χ3n) is 5.59. The number of rotatable bonds is 4. The number of amides is 1. The second kappa shape index (κ2) is 8.27. The highest BCUT2D eigenvalue weighted by Crippen LogP contribution is 2.30. The smallest absolute Gasteiger partial charge is 0.410 e. The van der Waals surface area contributed by atoms with Crippen LogP contribution in [0.1, 0.15) is 52.7 Å². The summed E-state index contributed by atoms with van der Waals surface area (Å²) >= 11 is 0. The number of nitrogens with zero attached hydrogens (tertiary/aromatic N) is 3.